The Morgan fingerprint density at radius 1 is 1.53 bits per heavy atom. The topological polar surface area (TPSA) is 43.0 Å². The van der Waals surface area contributed by atoms with Crippen molar-refractivity contribution in [3.05, 3.63) is 41.6 Å². The zero-order valence-electron chi connectivity index (χ0n) is 9.19. The number of furan rings is 1. The van der Waals surface area contributed by atoms with Crippen LogP contribution >= 0.6 is 0 Å². The van der Waals surface area contributed by atoms with Crippen LogP contribution in [0.2, 0.25) is 0 Å². The van der Waals surface area contributed by atoms with Gasteiger partial charge in [-0.15, -0.1) is 0 Å². The number of rotatable bonds is 3. The lowest BCUT2D eigenvalue weighted by atomic mass is 10.0. The van der Waals surface area contributed by atoms with Crippen LogP contribution in [0.4, 0.5) is 0 Å². The third-order valence-electron chi connectivity index (χ3n) is 2.75. The fourth-order valence-corrected chi connectivity index (χ4v) is 1.74. The average molecular weight is 205 g/mol. The van der Waals surface area contributed by atoms with Crippen molar-refractivity contribution in [1.29, 1.82) is 0 Å². The second kappa shape index (κ2) is 3.90. The van der Waals surface area contributed by atoms with Gasteiger partial charge in [0.1, 0.15) is 0 Å². The van der Waals surface area contributed by atoms with E-state index in [1.165, 1.54) is 5.56 Å². The molecule has 1 atom stereocenters. The van der Waals surface area contributed by atoms with Crippen molar-refractivity contribution in [2.75, 3.05) is 7.05 Å². The molecule has 15 heavy (non-hydrogen) atoms. The highest BCUT2D eigenvalue weighted by atomic mass is 16.3. The zero-order chi connectivity index (χ0) is 10.8. The molecule has 1 N–H and O–H groups in total. The Morgan fingerprint density at radius 3 is 2.80 bits per heavy atom. The minimum Gasteiger partial charge on any atom is -0.472 e. The molecule has 0 radical (unpaired) electrons. The molecule has 0 aromatic carbocycles. The lowest BCUT2D eigenvalue weighted by Gasteiger charge is -2.13. The molecule has 0 amide bonds. The van der Waals surface area contributed by atoms with E-state index in [2.05, 4.69) is 17.3 Å². The first-order valence-electron chi connectivity index (χ1n) is 4.92. The van der Waals surface area contributed by atoms with Crippen LogP contribution in [-0.2, 0) is 7.05 Å². The van der Waals surface area contributed by atoms with Gasteiger partial charge in [-0.3, -0.25) is 4.68 Å². The standard InChI is InChI=1S/C11H15N3O/c1-8-10(6-13-14(8)3)11(12-2)9-4-5-15-7-9/h4-7,11-12H,1-3H3. The molecule has 0 saturated carbocycles. The molecule has 0 saturated heterocycles. The summed E-state index contributed by atoms with van der Waals surface area (Å²) in [6.07, 6.45) is 5.34. The molecule has 0 aliphatic heterocycles. The first-order chi connectivity index (χ1) is 7.24. The van der Waals surface area contributed by atoms with Crippen molar-refractivity contribution < 1.29 is 4.42 Å². The fourth-order valence-electron chi connectivity index (χ4n) is 1.74. The third-order valence-corrected chi connectivity index (χ3v) is 2.75. The molecular formula is C11H15N3O. The van der Waals surface area contributed by atoms with Gasteiger partial charge < -0.3 is 9.73 Å². The molecule has 0 aliphatic rings. The summed E-state index contributed by atoms with van der Waals surface area (Å²) < 4.78 is 6.97. The van der Waals surface area contributed by atoms with Gasteiger partial charge in [0.05, 0.1) is 24.8 Å². The molecule has 0 fully saturated rings. The Labute approximate surface area is 88.9 Å². The Morgan fingerprint density at radius 2 is 2.33 bits per heavy atom. The van der Waals surface area contributed by atoms with Crippen molar-refractivity contribution in [1.82, 2.24) is 15.1 Å². The smallest absolute Gasteiger partial charge is 0.0953 e. The van der Waals surface area contributed by atoms with Crippen LogP contribution in [0.1, 0.15) is 22.9 Å². The summed E-state index contributed by atoms with van der Waals surface area (Å²) in [6, 6.07) is 2.12. The van der Waals surface area contributed by atoms with Gasteiger partial charge in [0.25, 0.3) is 0 Å². The van der Waals surface area contributed by atoms with Crippen LogP contribution in [0.25, 0.3) is 0 Å². The Kier molecular flexibility index (Phi) is 2.60. The second-order valence-electron chi connectivity index (χ2n) is 3.59. The molecule has 4 nitrogen and oxygen atoms in total. The summed E-state index contributed by atoms with van der Waals surface area (Å²) in [4.78, 5) is 0. The van der Waals surface area contributed by atoms with E-state index in [1.54, 1.807) is 12.5 Å². The number of aryl methyl sites for hydroxylation is 1. The highest BCUT2D eigenvalue weighted by Crippen LogP contribution is 2.24. The van der Waals surface area contributed by atoms with Crippen LogP contribution in [0, 0.1) is 6.92 Å². The van der Waals surface area contributed by atoms with E-state index in [0.29, 0.717) is 0 Å². The fraction of sp³-hybridized carbons (Fsp3) is 0.364. The van der Waals surface area contributed by atoms with Gasteiger partial charge in [-0.2, -0.15) is 5.10 Å². The van der Waals surface area contributed by atoms with Crippen LogP contribution in [0.5, 0.6) is 0 Å². The van der Waals surface area contributed by atoms with Crippen molar-refractivity contribution in [3.63, 3.8) is 0 Å². The zero-order valence-corrected chi connectivity index (χ0v) is 9.19. The van der Waals surface area contributed by atoms with Gasteiger partial charge >= 0.3 is 0 Å². The number of hydrogen-bond donors (Lipinski definition) is 1. The Bertz CT molecular complexity index is 431. The molecule has 4 heteroatoms. The van der Waals surface area contributed by atoms with Crippen LogP contribution in [0.15, 0.2) is 29.2 Å². The number of aromatic nitrogens is 2. The lowest BCUT2D eigenvalue weighted by Crippen LogP contribution is -2.17. The summed E-state index contributed by atoms with van der Waals surface area (Å²) in [5.74, 6) is 0. The molecule has 2 aromatic rings. The highest BCUT2D eigenvalue weighted by Gasteiger charge is 2.17. The maximum absolute atomic E-state index is 5.10. The number of nitrogens with zero attached hydrogens (tertiary/aromatic N) is 2. The van der Waals surface area contributed by atoms with Crippen molar-refractivity contribution in [3.8, 4) is 0 Å². The largest absolute Gasteiger partial charge is 0.472 e. The van der Waals surface area contributed by atoms with Gasteiger partial charge in [0, 0.05) is 23.9 Å². The van der Waals surface area contributed by atoms with Gasteiger partial charge in [-0.05, 0) is 20.0 Å². The van der Waals surface area contributed by atoms with Gasteiger partial charge in [0.15, 0.2) is 0 Å². The van der Waals surface area contributed by atoms with Crippen molar-refractivity contribution in [2.45, 2.75) is 13.0 Å². The molecular weight excluding hydrogens is 190 g/mol. The minimum absolute atomic E-state index is 0.150. The third kappa shape index (κ3) is 1.68. The predicted molar refractivity (Wildman–Crippen MR) is 57.6 cm³/mol. The predicted octanol–water partition coefficient (Wildman–Crippen LogP) is 1.63. The lowest BCUT2D eigenvalue weighted by molar-refractivity contribution is 0.557. The Hall–Kier alpha value is -1.55. The summed E-state index contributed by atoms with van der Waals surface area (Å²) in [5, 5.41) is 7.50. The van der Waals surface area contributed by atoms with E-state index in [1.807, 2.05) is 31.0 Å². The normalized spacial score (nSPS) is 13.0. The summed E-state index contributed by atoms with van der Waals surface area (Å²) >= 11 is 0. The molecule has 2 rings (SSSR count). The highest BCUT2D eigenvalue weighted by molar-refractivity contribution is 5.30. The van der Waals surface area contributed by atoms with Crippen LogP contribution in [-0.4, -0.2) is 16.8 Å². The van der Waals surface area contributed by atoms with E-state index >= 15 is 0 Å². The van der Waals surface area contributed by atoms with Gasteiger partial charge in [-0.25, -0.2) is 0 Å². The summed E-state index contributed by atoms with van der Waals surface area (Å²) in [6.45, 7) is 2.06. The average Bonchev–Trinajstić information content (AvgIpc) is 2.84. The molecule has 2 heterocycles. The maximum atomic E-state index is 5.10. The summed E-state index contributed by atoms with van der Waals surface area (Å²) in [7, 11) is 3.88. The van der Waals surface area contributed by atoms with E-state index in [4.69, 9.17) is 4.42 Å². The number of hydrogen-bond acceptors (Lipinski definition) is 3. The summed E-state index contributed by atoms with van der Waals surface area (Å²) in [5.41, 5.74) is 3.46. The van der Waals surface area contributed by atoms with Gasteiger partial charge in [0.2, 0.25) is 0 Å². The van der Waals surface area contributed by atoms with Gasteiger partial charge in [-0.1, -0.05) is 0 Å². The second-order valence-corrected chi connectivity index (χ2v) is 3.59. The maximum Gasteiger partial charge on any atom is 0.0953 e. The molecule has 0 aliphatic carbocycles. The quantitative estimate of drug-likeness (QED) is 0.828. The van der Waals surface area contributed by atoms with E-state index in [-0.39, 0.29) is 6.04 Å². The number of nitrogens with one attached hydrogen (secondary N) is 1. The SMILES string of the molecule is CNC(c1ccoc1)c1cnn(C)c1C. The molecule has 1 unspecified atom stereocenters. The molecule has 0 spiro atoms. The first-order valence-corrected chi connectivity index (χ1v) is 4.92. The van der Waals surface area contributed by atoms with Crippen LogP contribution in [0.3, 0.4) is 0 Å². The first kappa shape index (κ1) is 9.98. The molecule has 80 valence electrons. The Balaban J connectivity index is 2.40. The molecule has 2 aromatic heterocycles. The van der Waals surface area contributed by atoms with Crippen molar-refractivity contribution in [2.24, 2.45) is 7.05 Å². The van der Waals surface area contributed by atoms with E-state index < -0.39 is 0 Å². The van der Waals surface area contributed by atoms with Crippen molar-refractivity contribution >= 4 is 0 Å². The van der Waals surface area contributed by atoms with E-state index in [9.17, 15) is 0 Å². The van der Waals surface area contributed by atoms with E-state index in [0.717, 1.165) is 11.3 Å². The van der Waals surface area contributed by atoms with Crippen LogP contribution < -0.4 is 5.32 Å². The molecule has 0 bridgehead atoms. The monoisotopic (exact) mass is 205 g/mol. The minimum atomic E-state index is 0.150.